The monoisotopic (exact) mass is 292 g/mol. The number of halogens is 1. The third kappa shape index (κ3) is 2.81. The molecule has 21 heavy (non-hydrogen) atoms. The van der Waals surface area contributed by atoms with E-state index in [-0.39, 0.29) is 17.1 Å². The number of nitrogen functional groups attached to an aromatic ring is 1. The van der Waals surface area contributed by atoms with Crippen LogP contribution in [0.2, 0.25) is 0 Å². The van der Waals surface area contributed by atoms with Crippen molar-refractivity contribution in [3.8, 4) is 5.75 Å². The number of aromatic nitrogens is 2. The minimum atomic E-state index is -0.554. The zero-order valence-electron chi connectivity index (χ0n) is 12.1. The molecular formula is C14H17FN4O2. The van der Waals surface area contributed by atoms with E-state index in [1.165, 1.54) is 30.0 Å². The van der Waals surface area contributed by atoms with Crippen LogP contribution in [0.15, 0.2) is 18.2 Å². The number of carbonyl (C=O) groups is 1. The second kappa shape index (κ2) is 5.82. The van der Waals surface area contributed by atoms with Crippen molar-refractivity contribution in [1.82, 2.24) is 9.78 Å². The van der Waals surface area contributed by atoms with E-state index in [1.807, 2.05) is 6.92 Å². The fourth-order valence-corrected chi connectivity index (χ4v) is 1.97. The number of nitrogens with zero attached hydrogens (tertiary/aromatic N) is 2. The first-order valence-electron chi connectivity index (χ1n) is 6.45. The first kappa shape index (κ1) is 14.8. The predicted octanol–water partition coefficient (Wildman–Crippen LogP) is 2.19. The summed E-state index contributed by atoms with van der Waals surface area (Å²) in [5, 5.41) is 6.66. The molecule has 0 radical (unpaired) electrons. The topological polar surface area (TPSA) is 82.2 Å². The molecular weight excluding hydrogens is 275 g/mol. The Hall–Kier alpha value is -2.57. The van der Waals surface area contributed by atoms with E-state index in [2.05, 4.69) is 10.4 Å². The van der Waals surface area contributed by atoms with Crippen molar-refractivity contribution in [3.63, 3.8) is 0 Å². The van der Waals surface area contributed by atoms with E-state index in [0.29, 0.717) is 18.0 Å². The summed E-state index contributed by atoms with van der Waals surface area (Å²) in [4.78, 5) is 12.3. The molecule has 0 saturated carbocycles. The maximum atomic E-state index is 13.7. The van der Waals surface area contributed by atoms with Crippen molar-refractivity contribution in [2.75, 3.05) is 18.2 Å². The molecule has 0 fully saturated rings. The molecule has 0 saturated heterocycles. The Bertz CT molecular complexity index is 682. The summed E-state index contributed by atoms with van der Waals surface area (Å²) in [5.41, 5.74) is 6.97. The van der Waals surface area contributed by atoms with Gasteiger partial charge in [-0.3, -0.25) is 9.48 Å². The average molecular weight is 292 g/mol. The van der Waals surface area contributed by atoms with E-state index in [1.54, 1.807) is 6.92 Å². The zero-order chi connectivity index (χ0) is 15.6. The van der Waals surface area contributed by atoms with Gasteiger partial charge in [-0.1, -0.05) is 0 Å². The third-order valence-corrected chi connectivity index (χ3v) is 3.11. The normalized spacial score (nSPS) is 10.5. The highest BCUT2D eigenvalue weighted by molar-refractivity contribution is 6.06. The van der Waals surface area contributed by atoms with Crippen LogP contribution in [0.5, 0.6) is 5.75 Å². The van der Waals surface area contributed by atoms with Gasteiger partial charge in [-0.15, -0.1) is 0 Å². The molecule has 0 aliphatic rings. The molecule has 6 nitrogen and oxygen atoms in total. The molecule has 0 unspecified atom stereocenters. The maximum absolute atomic E-state index is 13.7. The number of benzene rings is 1. The second-order valence-corrected chi connectivity index (χ2v) is 4.46. The molecule has 1 aromatic heterocycles. The van der Waals surface area contributed by atoms with Gasteiger partial charge in [0.2, 0.25) is 0 Å². The lowest BCUT2D eigenvalue weighted by Crippen LogP contribution is -2.19. The van der Waals surface area contributed by atoms with Crippen LogP contribution >= 0.6 is 0 Å². The van der Waals surface area contributed by atoms with Crippen molar-refractivity contribution in [2.45, 2.75) is 20.4 Å². The van der Waals surface area contributed by atoms with Crippen LogP contribution in [0, 0.1) is 12.7 Å². The summed E-state index contributed by atoms with van der Waals surface area (Å²) in [5.74, 6) is -0.621. The molecule has 1 aromatic carbocycles. The standard InChI is InChI=1S/C14H17FN4O2/c1-4-19-13(12(16)8(2)18-19)14(20)17-11-7-9(21-3)5-6-10(11)15/h5-7H,4,16H2,1-3H3,(H,17,20). The van der Waals surface area contributed by atoms with Crippen molar-refractivity contribution >= 4 is 17.3 Å². The van der Waals surface area contributed by atoms with Crippen LogP contribution in [-0.2, 0) is 6.54 Å². The summed E-state index contributed by atoms with van der Waals surface area (Å²) in [6.07, 6.45) is 0. The average Bonchev–Trinajstić information content (AvgIpc) is 2.76. The Labute approximate surface area is 121 Å². The molecule has 1 amide bonds. The highest BCUT2D eigenvalue weighted by Gasteiger charge is 2.20. The van der Waals surface area contributed by atoms with Gasteiger partial charge in [0.15, 0.2) is 0 Å². The molecule has 112 valence electrons. The van der Waals surface area contributed by atoms with Gasteiger partial charge in [-0.25, -0.2) is 4.39 Å². The number of carbonyl (C=O) groups excluding carboxylic acids is 1. The Balaban J connectivity index is 2.34. The number of hydrogen-bond acceptors (Lipinski definition) is 4. The van der Waals surface area contributed by atoms with Crippen LogP contribution in [0.1, 0.15) is 23.1 Å². The molecule has 0 aliphatic carbocycles. The van der Waals surface area contributed by atoms with E-state index in [9.17, 15) is 9.18 Å². The molecule has 7 heteroatoms. The van der Waals surface area contributed by atoms with Crippen molar-refractivity contribution < 1.29 is 13.9 Å². The third-order valence-electron chi connectivity index (χ3n) is 3.11. The number of ether oxygens (including phenoxy) is 1. The molecule has 0 spiro atoms. The summed E-state index contributed by atoms with van der Waals surface area (Å²) in [6.45, 7) is 4.04. The quantitative estimate of drug-likeness (QED) is 0.905. The molecule has 0 atom stereocenters. The van der Waals surface area contributed by atoms with E-state index >= 15 is 0 Å². The summed E-state index contributed by atoms with van der Waals surface area (Å²) in [6, 6.07) is 4.10. The molecule has 0 aliphatic heterocycles. The largest absolute Gasteiger partial charge is 0.497 e. The lowest BCUT2D eigenvalue weighted by molar-refractivity contribution is 0.101. The number of nitrogens with two attached hydrogens (primary N) is 1. The Kier molecular flexibility index (Phi) is 4.11. The summed E-state index contributed by atoms with van der Waals surface area (Å²) >= 11 is 0. The van der Waals surface area contributed by atoms with Gasteiger partial charge in [0, 0.05) is 12.6 Å². The molecule has 1 heterocycles. The van der Waals surface area contributed by atoms with Gasteiger partial charge in [0.05, 0.1) is 24.2 Å². The van der Waals surface area contributed by atoms with Crippen LogP contribution in [0.4, 0.5) is 15.8 Å². The van der Waals surface area contributed by atoms with Gasteiger partial charge >= 0.3 is 0 Å². The lowest BCUT2D eigenvalue weighted by atomic mass is 10.2. The number of rotatable bonds is 4. The number of nitrogens with one attached hydrogen (secondary N) is 1. The Morgan fingerprint density at radius 3 is 2.86 bits per heavy atom. The SMILES string of the molecule is CCn1nc(C)c(N)c1C(=O)Nc1cc(OC)ccc1F. The van der Waals surface area contributed by atoms with Crippen LogP contribution in [-0.4, -0.2) is 22.8 Å². The van der Waals surface area contributed by atoms with Gasteiger partial charge < -0.3 is 15.8 Å². The first-order chi connectivity index (χ1) is 9.97. The summed E-state index contributed by atoms with van der Waals surface area (Å²) < 4.78 is 20.2. The van der Waals surface area contributed by atoms with E-state index < -0.39 is 11.7 Å². The zero-order valence-corrected chi connectivity index (χ0v) is 12.1. The number of anilines is 2. The number of aryl methyl sites for hydroxylation is 2. The smallest absolute Gasteiger partial charge is 0.276 e. The molecule has 2 rings (SSSR count). The minimum absolute atomic E-state index is 0.0280. The Morgan fingerprint density at radius 2 is 2.24 bits per heavy atom. The number of hydrogen-bond donors (Lipinski definition) is 2. The fraction of sp³-hybridized carbons (Fsp3) is 0.286. The molecule has 3 N–H and O–H groups in total. The minimum Gasteiger partial charge on any atom is -0.497 e. The van der Waals surface area contributed by atoms with Gasteiger partial charge in [-0.05, 0) is 26.0 Å². The van der Waals surface area contributed by atoms with Crippen molar-refractivity contribution in [1.29, 1.82) is 0 Å². The van der Waals surface area contributed by atoms with Crippen molar-refractivity contribution in [2.24, 2.45) is 0 Å². The highest BCUT2D eigenvalue weighted by atomic mass is 19.1. The van der Waals surface area contributed by atoms with Crippen LogP contribution in [0.25, 0.3) is 0 Å². The molecule has 2 aromatic rings. The highest BCUT2D eigenvalue weighted by Crippen LogP contribution is 2.23. The Morgan fingerprint density at radius 1 is 1.52 bits per heavy atom. The van der Waals surface area contributed by atoms with Crippen molar-refractivity contribution in [3.05, 3.63) is 35.4 Å². The van der Waals surface area contributed by atoms with Gasteiger partial charge in [-0.2, -0.15) is 5.10 Å². The summed E-state index contributed by atoms with van der Waals surface area (Å²) in [7, 11) is 1.46. The molecule has 0 bridgehead atoms. The maximum Gasteiger partial charge on any atom is 0.276 e. The number of amides is 1. The van der Waals surface area contributed by atoms with Gasteiger partial charge in [0.25, 0.3) is 5.91 Å². The van der Waals surface area contributed by atoms with Gasteiger partial charge in [0.1, 0.15) is 17.3 Å². The fourth-order valence-electron chi connectivity index (χ4n) is 1.97. The van der Waals surface area contributed by atoms with E-state index in [4.69, 9.17) is 10.5 Å². The lowest BCUT2D eigenvalue weighted by Gasteiger charge is -2.09. The predicted molar refractivity (Wildman–Crippen MR) is 78.0 cm³/mol. The number of methoxy groups -OCH3 is 1. The van der Waals surface area contributed by atoms with Crippen LogP contribution in [0.3, 0.4) is 0 Å². The first-order valence-corrected chi connectivity index (χ1v) is 6.45. The van der Waals surface area contributed by atoms with E-state index in [0.717, 1.165) is 0 Å². The van der Waals surface area contributed by atoms with Crippen LogP contribution < -0.4 is 15.8 Å². The second-order valence-electron chi connectivity index (χ2n) is 4.46.